The van der Waals surface area contributed by atoms with Gasteiger partial charge in [-0.3, -0.25) is 0 Å². The molecule has 5 heteroatoms. The molecule has 0 radical (unpaired) electrons. The predicted molar refractivity (Wildman–Crippen MR) is 93.0 cm³/mol. The topological polar surface area (TPSA) is 80.9 Å². The molecule has 0 saturated heterocycles. The minimum atomic E-state index is -0.316. The van der Waals surface area contributed by atoms with Crippen molar-refractivity contribution in [2.45, 2.75) is 18.9 Å². The van der Waals surface area contributed by atoms with Crippen molar-refractivity contribution in [3.63, 3.8) is 0 Å². The van der Waals surface area contributed by atoms with Gasteiger partial charge in [0.15, 0.2) is 0 Å². The summed E-state index contributed by atoms with van der Waals surface area (Å²) in [4.78, 5) is 0. The predicted octanol–water partition coefficient (Wildman–Crippen LogP) is 2.73. The van der Waals surface area contributed by atoms with E-state index in [1.807, 2.05) is 50.5 Å². The first kappa shape index (κ1) is 17.3. The molecule has 2 rings (SSSR count). The van der Waals surface area contributed by atoms with E-state index in [0.29, 0.717) is 17.1 Å². The van der Waals surface area contributed by atoms with Gasteiger partial charge < -0.3 is 15.4 Å². The van der Waals surface area contributed by atoms with Crippen molar-refractivity contribution in [2.75, 3.05) is 14.1 Å². The number of allylic oxidation sites excluding steroid dienone is 8. The summed E-state index contributed by atoms with van der Waals surface area (Å²) in [5.41, 5.74) is 1.45. The van der Waals surface area contributed by atoms with E-state index in [9.17, 15) is 0 Å². The van der Waals surface area contributed by atoms with Crippen LogP contribution in [0.15, 0.2) is 70.9 Å². The Kier molecular flexibility index (Phi) is 5.42. The number of rotatable bonds is 4. The first-order valence-corrected chi connectivity index (χ1v) is 7.62. The second-order valence-electron chi connectivity index (χ2n) is 5.56. The van der Waals surface area contributed by atoms with Crippen molar-refractivity contribution < 1.29 is 4.74 Å². The molecule has 24 heavy (non-hydrogen) atoms. The van der Waals surface area contributed by atoms with Crippen LogP contribution in [-0.2, 0) is 4.74 Å². The third-order valence-electron chi connectivity index (χ3n) is 3.95. The van der Waals surface area contributed by atoms with E-state index in [2.05, 4.69) is 16.7 Å². The third-order valence-corrected chi connectivity index (χ3v) is 3.95. The zero-order chi connectivity index (χ0) is 17.6. The molecule has 0 fully saturated rings. The molecule has 1 unspecified atom stereocenters. The van der Waals surface area contributed by atoms with Crippen molar-refractivity contribution in [2.24, 2.45) is 0 Å². The molecule has 5 nitrogen and oxygen atoms in total. The summed E-state index contributed by atoms with van der Waals surface area (Å²) in [5.74, 6) is 1.24. The number of nitrogens with one attached hydrogen (secondary N) is 2. The number of hydrogen-bond acceptors (Lipinski definition) is 5. The number of nitriles is 2. The van der Waals surface area contributed by atoms with Gasteiger partial charge in [0, 0.05) is 24.7 Å². The molecular formula is C19H20N4O. The van der Waals surface area contributed by atoms with Crippen LogP contribution in [-0.4, -0.2) is 19.6 Å². The molecule has 1 heterocycles. The summed E-state index contributed by atoms with van der Waals surface area (Å²) in [6.07, 6.45) is 14.2. The Labute approximate surface area is 142 Å². The first-order chi connectivity index (χ1) is 11.6. The van der Waals surface area contributed by atoms with Crippen LogP contribution in [0.2, 0.25) is 0 Å². The molecule has 122 valence electrons. The Balaban J connectivity index is 2.30. The SMILES string of the molecule is CNC1=CC=CC(C=CC2=CC(=C(C#N)C#N)C=C(C)O2)(NC)C1. The lowest BCUT2D eigenvalue weighted by Crippen LogP contribution is -2.41. The Morgan fingerprint density at radius 1 is 1.29 bits per heavy atom. The van der Waals surface area contributed by atoms with Crippen molar-refractivity contribution in [1.82, 2.24) is 10.6 Å². The van der Waals surface area contributed by atoms with E-state index in [4.69, 9.17) is 15.3 Å². The Hall–Kier alpha value is -3.02. The first-order valence-electron chi connectivity index (χ1n) is 7.62. The van der Waals surface area contributed by atoms with Gasteiger partial charge in [-0.25, -0.2) is 0 Å². The van der Waals surface area contributed by atoms with Crippen LogP contribution in [0.3, 0.4) is 0 Å². The average molecular weight is 320 g/mol. The highest BCUT2D eigenvalue weighted by atomic mass is 16.5. The fraction of sp³-hybridized carbons (Fsp3) is 0.263. The van der Waals surface area contributed by atoms with Crippen LogP contribution >= 0.6 is 0 Å². The zero-order valence-electron chi connectivity index (χ0n) is 14.1. The zero-order valence-corrected chi connectivity index (χ0v) is 14.1. The normalized spacial score (nSPS) is 22.7. The molecule has 0 aromatic carbocycles. The van der Waals surface area contributed by atoms with Gasteiger partial charge in [-0.05, 0) is 38.3 Å². The monoisotopic (exact) mass is 320 g/mol. The molecule has 0 bridgehead atoms. The summed E-state index contributed by atoms with van der Waals surface area (Å²) in [6.45, 7) is 1.80. The molecule has 2 N–H and O–H groups in total. The largest absolute Gasteiger partial charge is 0.462 e. The number of hydrogen-bond donors (Lipinski definition) is 2. The van der Waals surface area contributed by atoms with E-state index >= 15 is 0 Å². The van der Waals surface area contributed by atoms with Crippen LogP contribution < -0.4 is 10.6 Å². The maximum absolute atomic E-state index is 9.04. The lowest BCUT2D eigenvalue weighted by Gasteiger charge is -2.30. The second kappa shape index (κ2) is 7.50. The molecule has 0 amide bonds. The lowest BCUT2D eigenvalue weighted by atomic mass is 9.88. The van der Waals surface area contributed by atoms with E-state index in [1.165, 1.54) is 0 Å². The van der Waals surface area contributed by atoms with Crippen LogP contribution in [0.5, 0.6) is 0 Å². The van der Waals surface area contributed by atoms with E-state index in [1.54, 1.807) is 19.1 Å². The standard InChI is InChI=1S/C19H20N4O/c1-14-9-15(16(12-20)13-21)10-18(24-14)6-8-19(23-3)7-4-5-17(11-19)22-2/h4-10,22-23H,11H2,1-3H3. The van der Waals surface area contributed by atoms with Crippen LogP contribution in [0, 0.1) is 22.7 Å². The smallest absolute Gasteiger partial charge is 0.137 e. The van der Waals surface area contributed by atoms with Crippen molar-refractivity contribution in [3.8, 4) is 12.1 Å². The van der Waals surface area contributed by atoms with Crippen LogP contribution in [0.25, 0.3) is 0 Å². The Morgan fingerprint density at radius 3 is 2.67 bits per heavy atom. The van der Waals surface area contributed by atoms with Gasteiger partial charge in [-0.15, -0.1) is 0 Å². The summed E-state index contributed by atoms with van der Waals surface area (Å²) < 4.78 is 5.69. The van der Waals surface area contributed by atoms with Crippen LogP contribution in [0.1, 0.15) is 13.3 Å². The van der Waals surface area contributed by atoms with Crippen LogP contribution in [0.4, 0.5) is 0 Å². The fourth-order valence-electron chi connectivity index (χ4n) is 2.58. The quantitative estimate of drug-likeness (QED) is 0.779. The van der Waals surface area contributed by atoms with Gasteiger partial charge in [-0.1, -0.05) is 18.2 Å². The molecule has 0 aromatic heterocycles. The van der Waals surface area contributed by atoms with Gasteiger partial charge >= 0.3 is 0 Å². The van der Waals surface area contributed by atoms with Gasteiger partial charge in [0.1, 0.15) is 29.2 Å². The maximum atomic E-state index is 9.04. The molecule has 0 aromatic rings. The van der Waals surface area contributed by atoms with Gasteiger partial charge in [0.25, 0.3) is 0 Å². The molecule has 1 aliphatic carbocycles. The summed E-state index contributed by atoms with van der Waals surface area (Å²) in [7, 11) is 3.81. The third kappa shape index (κ3) is 3.84. The minimum Gasteiger partial charge on any atom is -0.462 e. The highest BCUT2D eigenvalue weighted by molar-refractivity contribution is 5.53. The van der Waals surface area contributed by atoms with Crippen molar-refractivity contribution in [1.29, 1.82) is 10.5 Å². The van der Waals surface area contributed by atoms with E-state index in [0.717, 1.165) is 12.1 Å². The molecule has 1 atom stereocenters. The number of ether oxygens (including phenoxy) is 1. The van der Waals surface area contributed by atoms with Gasteiger partial charge in [0.05, 0.1) is 5.54 Å². The summed E-state index contributed by atoms with van der Waals surface area (Å²) >= 11 is 0. The molecule has 1 aliphatic heterocycles. The second-order valence-corrected chi connectivity index (χ2v) is 5.56. The summed E-state index contributed by atoms with van der Waals surface area (Å²) in [5, 5.41) is 24.6. The minimum absolute atomic E-state index is 0.0739. The Morgan fingerprint density at radius 2 is 2.04 bits per heavy atom. The van der Waals surface area contributed by atoms with E-state index in [-0.39, 0.29) is 11.1 Å². The Bertz CT molecular complexity index is 765. The number of likely N-dealkylation sites (N-methyl/N-ethyl adjacent to an activating group) is 1. The highest BCUT2D eigenvalue weighted by Crippen LogP contribution is 2.26. The van der Waals surface area contributed by atoms with Gasteiger partial charge in [0.2, 0.25) is 0 Å². The molecule has 0 spiro atoms. The van der Waals surface area contributed by atoms with Gasteiger partial charge in [-0.2, -0.15) is 10.5 Å². The molecule has 0 saturated carbocycles. The van der Waals surface area contributed by atoms with E-state index < -0.39 is 0 Å². The molecular weight excluding hydrogens is 300 g/mol. The lowest BCUT2D eigenvalue weighted by molar-refractivity contribution is 0.317. The highest BCUT2D eigenvalue weighted by Gasteiger charge is 2.25. The average Bonchev–Trinajstić information content (AvgIpc) is 2.61. The summed E-state index contributed by atoms with van der Waals surface area (Å²) in [6, 6.07) is 3.82. The van der Waals surface area contributed by atoms with Crippen molar-refractivity contribution >= 4 is 0 Å². The van der Waals surface area contributed by atoms with Crippen molar-refractivity contribution in [3.05, 3.63) is 70.9 Å². The fourth-order valence-corrected chi connectivity index (χ4v) is 2.58. The molecule has 2 aliphatic rings. The number of nitrogens with zero attached hydrogens (tertiary/aromatic N) is 2. The maximum Gasteiger partial charge on any atom is 0.137 e.